The van der Waals surface area contributed by atoms with E-state index in [1.165, 1.54) is 0 Å². The Morgan fingerprint density at radius 3 is 1.29 bits per heavy atom. The third-order valence-electron chi connectivity index (χ3n) is 3.01. The van der Waals surface area contributed by atoms with Crippen molar-refractivity contribution in [2.75, 3.05) is 0 Å². The van der Waals surface area contributed by atoms with Crippen molar-refractivity contribution in [2.45, 2.75) is 18.8 Å². The van der Waals surface area contributed by atoms with Crippen LogP contribution in [0.15, 0.2) is 0 Å². The van der Waals surface area contributed by atoms with Crippen molar-refractivity contribution in [2.24, 2.45) is 10.8 Å². The van der Waals surface area contributed by atoms with Crippen LogP contribution in [0.1, 0.15) is 12.8 Å². The lowest BCUT2D eigenvalue weighted by Crippen LogP contribution is -2.24. The van der Waals surface area contributed by atoms with Gasteiger partial charge < -0.3 is 0 Å². The molecule has 3 saturated carbocycles. The molecule has 0 aromatic heterocycles. The SMILES string of the molecule is FC1(F)C23CC12C3. The Balaban J connectivity index is 2.20. The fourth-order valence-corrected chi connectivity index (χ4v) is 1.86. The Bertz CT molecular complexity index is 138. The average Bonchev–Trinajstić information content (AvgIpc) is 2.11. The largest absolute Gasteiger partial charge is 0.260 e. The fraction of sp³-hybridized carbons (Fsp3) is 1.00. The van der Waals surface area contributed by atoms with Crippen LogP contribution in [-0.4, -0.2) is 5.92 Å². The summed E-state index contributed by atoms with van der Waals surface area (Å²) in [5.74, 6) is -2.18. The molecule has 3 aliphatic carbocycles. The standard InChI is InChI=1S/C5H4F2/c6-5(7)3-1-4(3,5)2-3/h1-2H2. The molecule has 0 bridgehead atoms. The van der Waals surface area contributed by atoms with Crippen molar-refractivity contribution >= 4 is 0 Å². The molecule has 0 unspecified atom stereocenters. The van der Waals surface area contributed by atoms with Gasteiger partial charge in [-0.15, -0.1) is 0 Å². The van der Waals surface area contributed by atoms with Gasteiger partial charge in [-0.1, -0.05) is 0 Å². The van der Waals surface area contributed by atoms with Crippen molar-refractivity contribution in [3.63, 3.8) is 0 Å². The molecule has 0 atom stereocenters. The maximum atomic E-state index is 12.0. The highest BCUT2D eigenvalue weighted by atomic mass is 19.3. The monoisotopic (exact) mass is 102 g/mol. The van der Waals surface area contributed by atoms with Gasteiger partial charge in [0, 0.05) is 10.8 Å². The van der Waals surface area contributed by atoms with Gasteiger partial charge in [-0.05, 0) is 12.8 Å². The maximum Gasteiger partial charge on any atom is 0.260 e. The summed E-state index contributed by atoms with van der Waals surface area (Å²) < 4.78 is 24.0. The van der Waals surface area contributed by atoms with Crippen LogP contribution in [0.3, 0.4) is 0 Å². The summed E-state index contributed by atoms with van der Waals surface area (Å²) in [4.78, 5) is 0. The first-order valence-corrected chi connectivity index (χ1v) is 2.54. The average molecular weight is 102 g/mol. The van der Waals surface area contributed by atoms with Gasteiger partial charge in [0.1, 0.15) is 0 Å². The van der Waals surface area contributed by atoms with Crippen molar-refractivity contribution in [3.8, 4) is 0 Å². The minimum Gasteiger partial charge on any atom is -0.206 e. The summed E-state index contributed by atoms with van der Waals surface area (Å²) in [6, 6.07) is 0. The zero-order chi connectivity index (χ0) is 4.91. The molecule has 0 spiro atoms. The quantitative estimate of drug-likeness (QED) is 0.434. The fourth-order valence-electron chi connectivity index (χ4n) is 1.86. The van der Waals surface area contributed by atoms with Crippen molar-refractivity contribution in [1.29, 1.82) is 0 Å². The van der Waals surface area contributed by atoms with E-state index in [0.29, 0.717) is 0 Å². The van der Waals surface area contributed by atoms with E-state index in [1.807, 2.05) is 0 Å². The summed E-state index contributed by atoms with van der Waals surface area (Å²) in [5, 5.41) is 0. The number of halogens is 2. The lowest BCUT2D eigenvalue weighted by atomic mass is 9.96. The molecule has 7 heavy (non-hydrogen) atoms. The van der Waals surface area contributed by atoms with E-state index in [1.54, 1.807) is 0 Å². The molecule has 3 rings (SSSR count). The van der Waals surface area contributed by atoms with Gasteiger partial charge in [0.05, 0.1) is 0 Å². The molecule has 0 aromatic carbocycles. The van der Waals surface area contributed by atoms with Crippen LogP contribution in [0, 0.1) is 10.8 Å². The summed E-state index contributed by atoms with van der Waals surface area (Å²) in [6.45, 7) is 0. The Morgan fingerprint density at radius 2 is 1.29 bits per heavy atom. The molecule has 0 radical (unpaired) electrons. The Labute approximate surface area is 39.5 Å². The summed E-state index contributed by atoms with van der Waals surface area (Å²) in [7, 11) is 0. The van der Waals surface area contributed by atoms with Crippen LogP contribution < -0.4 is 0 Å². The van der Waals surface area contributed by atoms with Gasteiger partial charge in [0.15, 0.2) is 0 Å². The van der Waals surface area contributed by atoms with Gasteiger partial charge in [0.25, 0.3) is 5.92 Å². The summed E-state index contributed by atoms with van der Waals surface area (Å²) in [6.07, 6.45) is 1.68. The molecule has 2 heteroatoms. The van der Waals surface area contributed by atoms with E-state index in [2.05, 4.69) is 0 Å². The molecule has 0 nitrogen and oxygen atoms in total. The van der Waals surface area contributed by atoms with E-state index in [9.17, 15) is 8.78 Å². The number of alkyl halides is 2. The molecule has 0 amide bonds. The molecule has 0 aliphatic heterocycles. The zero-order valence-electron chi connectivity index (χ0n) is 3.67. The highest BCUT2D eigenvalue weighted by Gasteiger charge is 3.17. The molecule has 3 aliphatic rings. The number of hydrogen-bond acceptors (Lipinski definition) is 0. The predicted octanol–water partition coefficient (Wildman–Crippen LogP) is 1.42. The highest BCUT2D eigenvalue weighted by Crippen LogP contribution is 3.12. The Hall–Kier alpha value is -0.140. The van der Waals surface area contributed by atoms with Crippen LogP contribution >= 0.6 is 0 Å². The molecule has 3 fully saturated rings. The van der Waals surface area contributed by atoms with Gasteiger partial charge in [-0.25, -0.2) is 8.78 Å². The minimum atomic E-state index is -2.18. The molecule has 0 N–H and O–H groups in total. The van der Waals surface area contributed by atoms with Crippen molar-refractivity contribution in [3.05, 3.63) is 0 Å². The first kappa shape index (κ1) is 3.00. The molecule has 0 saturated heterocycles. The van der Waals surface area contributed by atoms with Crippen molar-refractivity contribution in [1.82, 2.24) is 0 Å². The van der Waals surface area contributed by atoms with Gasteiger partial charge >= 0.3 is 0 Å². The second kappa shape index (κ2) is 0.351. The van der Waals surface area contributed by atoms with Gasteiger partial charge in [-0.2, -0.15) is 0 Å². The molecule has 0 heterocycles. The maximum absolute atomic E-state index is 12.0. The van der Waals surface area contributed by atoms with Crippen LogP contribution in [0.5, 0.6) is 0 Å². The third-order valence-corrected chi connectivity index (χ3v) is 3.01. The van der Waals surface area contributed by atoms with Gasteiger partial charge in [-0.3, -0.25) is 0 Å². The van der Waals surface area contributed by atoms with E-state index in [4.69, 9.17) is 0 Å². The second-order valence-electron chi connectivity index (χ2n) is 3.09. The van der Waals surface area contributed by atoms with Crippen LogP contribution in [0.4, 0.5) is 8.78 Å². The van der Waals surface area contributed by atoms with Crippen LogP contribution in [0.25, 0.3) is 0 Å². The smallest absolute Gasteiger partial charge is 0.206 e. The van der Waals surface area contributed by atoms with Gasteiger partial charge in [0.2, 0.25) is 0 Å². The van der Waals surface area contributed by atoms with E-state index in [-0.39, 0.29) is 10.8 Å². The van der Waals surface area contributed by atoms with E-state index in [0.717, 1.165) is 12.8 Å². The predicted molar refractivity (Wildman–Crippen MR) is 19.0 cm³/mol. The first-order valence-electron chi connectivity index (χ1n) is 2.54. The number of rotatable bonds is 0. The normalized spacial score (nSPS) is 76.3. The molecule has 0 aromatic rings. The highest BCUT2D eigenvalue weighted by molar-refractivity contribution is 5.57. The van der Waals surface area contributed by atoms with Crippen LogP contribution in [-0.2, 0) is 0 Å². The Kier molecular flexibility index (Phi) is 0.150. The Morgan fingerprint density at radius 1 is 1.00 bits per heavy atom. The molecular formula is C5H4F2. The third kappa shape index (κ3) is 0.0809. The van der Waals surface area contributed by atoms with Crippen molar-refractivity contribution < 1.29 is 8.78 Å². The van der Waals surface area contributed by atoms with Crippen LogP contribution in [0.2, 0.25) is 0 Å². The summed E-state index contributed by atoms with van der Waals surface area (Å²) in [5.41, 5.74) is -0.750. The van der Waals surface area contributed by atoms with E-state index >= 15 is 0 Å². The summed E-state index contributed by atoms with van der Waals surface area (Å²) >= 11 is 0. The first-order chi connectivity index (χ1) is 3.16. The minimum absolute atomic E-state index is 0.375. The molecular weight excluding hydrogens is 98.1 g/mol. The topological polar surface area (TPSA) is 0 Å². The second-order valence-corrected chi connectivity index (χ2v) is 3.09. The molecule has 38 valence electrons. The van der Waals surface area contributed by atoms with E-state index < -0.39 is 5.92 Å². The number of hydrogen-bond donors (Lipinski definition) is 0. The lowest BCUT2D eigenvalue weighted by Gasteiger charge is -2.19. The lowest BCUT2D eigenvalue weighted by molar-refractivity contribution is -0.0457. The zero-order valence-corrected chi connectivity index (χ0v) is 3.67.